The number of alkyl halides is 1. The van der Waals surface area contributed by atoms with Crippen LogP contribution in [0.5, 0.6) is 5.75 Å². The molecule has 0 radical (unpaired) electrons. The molecule has 2 nitrogen and oxygen atoms in total. The number of aldehydes is 1. The van der Waals surface area contributed by atoms with E-state index in [9.17, 15) is 9.18 Å². The van der Waals surface area contributed by atoms with Gasteiger partial charge < -0.3 is 4.74 Å². The Balaban J connectivity index is 2.76. The normalized spacial score (nSPS) is 9.73. The Morgan fingerprint density at radius 1 is 1.60 bits per heavy atom. The molecular weight excluding hydrogens is 219 g/mol. The molecular formula is C11H10ClFO2. The van der Waals surface area contributed by atoms with Gasteiger partial charge in [0.05, 0.1) is 5.56 Å². The van der Waals surface area contributed by atoms with Gasteiger partial charge in [-0.05, 0) is 23.8 Å². The molecule has 0 fully saturated rings. The van der Waals surface area contributed by atoms with Gasteiger partial charge in [0.1, 0.15) is 19.0 Å². The molecule has 80 valence electrons. The van der Waals surface area contributed by atoms with Crippen molar-refractivity contribution in [3.8, 4) is 5.75 Å². The Hall–Kier alpha value is -1.35. The fourth-order valence-corrected chi connectivity index (χ4v) is 1.14. The van der Waals surface area contributed by atoms with Gasteiger partial charge in [-0.1, -0.05) is 18.2 Å². The molecule has 0 atom stereocenters. The highest BCUT2D eigenvalue weighted by Gasteiger charge is 2.04. The molecule has 0 aromatic heterocycles. The van der Waals surface area contributed by atoms with E-state index in [0.717, 1.165) is 0 Å². The van der Waals surface area contributed by atoms with Crippen LogP contribution in [0.15, 0.2) is 30.4 Å². The van der Waals surface area contributed by atoms with Gasteiger partial charge in [-0.25, -0.2) is 4.39 Å². The van der Waals surface area contributed by atoms with Gasteiger partial charge in [0.15, 0.2) is 6.29 Å². The first-order valence-electron chi connectivity index (χ1n) is 4.27. The molecule has 0 unspecified atom stereocenters. The molecule has 0 amide bonds. The van der Waals surface area contributed by atoms with E-state index in [1.807, 2.05) is 0 Å². The van der Waals surface area contributed by atoms with E-state index in [2.05, 4.69) is 6.58 Å². The quantitative estimate of drug-likeness (QED) is 0.572. The molecule has 0 N–H and O–H groups in total. The van der Waals surface area contributed by atoms with Crippen LogP contribution in [0.1, 0.15) is 10.4 Å². The van der Waals surface area contributed by atoms with E-state index in [4.69, 9.17) is 16.3 Å². The topological polar surface area (TPSA) is 26.3 Å². The Morgan fingerprint density at radius 3 is 2.93 bits per heavy atom. The summed E-state index contributed by atoms with van der Waals surface area (Å²) >= 11 is 5.69. The van der Waals surface area contributed by atoms with Crippen molar-refractivity contribution in [3.05, 3.63) is 40.9 Å². The summed E-state index contributed by atoms with van der Waals surface area (Å²) in [5.41, 5.74) is 0.663. The van der Waals surface area contributed by atoms with Gasteiger partial charge in [-0.2, -0.15) is 0 Å². The molecule has 1 aromatic rings. The smallest absolute Gasteiger partial charge is 0.153 e. The summed E-state index contributed by atoms with van der Waals surface area (Å²) in [4.78, 5) is 10.7. The van der Waals surface area contributed by atoms with Crippen LogP contribution in [0, 0.1) is 0 Å². The predicted molar refractivity (Wildman–Crippen MR) is 57.4 cm³/mol. The molecule has 1 aromatic carbocycles. The minimum absolute atomic E-state index is 0.0545. The lowest BCUT2D eigenvalue weighted by Crippen LogP contribution is -2.03. The molecule has 0 aliphatic carbocycles. The zero-order chi connectivity index (χ0) is 11.3. The number of carbonyl (C=O) groups excluding carboxylic acids is 1. The number of hydrogen-bond donors (Lipinski definition) is 0. The van der Waals surface area contributed by atoms with E-state index >= 15 is 0 Å². The zero-order valence-corrected chi connectivity index (χ0v) is 8.76. The van der Waals surface area contributed by atoms with Crippen molar-refractivity contribution >= 4 is 17.9 Å². The summed E-state index contributed by atoms with van der Waals surface area (Å²) in [6.07, 6.45) is 0.638. The summed E-state index contributed by atoms with van der Waals surface area (Å²) in [7, 11) is 0. The maximum atomic E-state index is 12.1. The fraction of sp³-hybridized carbons (Fsp3) is 0.182. The van der Waals surface area contributed by atoms with E-state index in [1.54, 1.807) is 12.1 Å². The fourth-order valence-electron chi connectivity index (χ4n) is 0.961. The lowest BCUT2D eigenvalue weighted by atomic mass is 10.2. The van der Waals surface area contributed by atoms with E-state index < -0.39 is 6.67 Å². The zero-order valence-electron chi connectivity index (χ0n) is 8.00. The predicted octanol–water partition coefficient (Wildman–Crippen LogP) is 3.06. The SMILES string of the molecule is C=C(CF)COc1ccc(Cl)cc1C=O. The Morgan fingerprint density at radius 2 is 2.33 bits per heavy atom. The Kier molecular flexibility index (Phi) is 4.31. The number of ether oxygens (including phenoxy) is 1. The monoisotopic (exact) mass is 228 g/mol. The average Bonchev–Trinajstić information content (AvgIpc) is 2.26. The van der Waals surface area contributed by atoms with Crippen LogP contribution < -0.4 is 4.74 Å². The van der Waals surface area contributed by atoms with E-state index in [-0.39, 0.29) is 6.61 Å². The van der Waals surface area contributed by atoms with E-state index in [1.165, 1.54) is 6.07 Å². The second-order valence-corrected chi connectivity index (χ2v) is 3.41. The van der Waals surface area contributed by atoms with Crippen molar-refractivity contribution in [2.75, 3.05) is 13.3 Å². The maximum absolute atomic E-state index is 12.1. The van der Waals surface area contributed by atoms with Gasteiger partial charge in [0, 0.05) is 5.02 Å². The van der Waals surface area contributed by atoms with Crippen LogP contribution >= 0.6 is 11.6 Å². The van der Waals surface area contributed by atoms with Crippen LogP contribution in [0.2, 0.25) is 5.02 Å². The Bertz CT molecular complexity index is 377. The third-order valence-electron chi connectivity index (χ3n) is 1.72. The van der Waals surface area contributed by atoms with Crippen molar-refractivity contribution in [1.82, 2.24) is 0 Å². The number of benzene rings is 1. The van der Waals surface area contributed by atoms with Crippen LogP contribution in [0.25, 0.3) is 0 Å². The maximum Gasteiger partial charge on any atom is 0.153 e. The average molecular weight is 229 g/mol. The van der Waals surface area contributed by atoms with Crippen LogP contribution in [-0.4, -0.2) is 19.6 Å². The molecule has 0 saturated heterocycles. The van der Waals surface area contributed by atoms with Crippen LogP contribution in [0.3, 0.4) is 0 Å². The minimum Gasteiger partial charge on any atom is -0.488 e. The Labute approximate surface area is 92.3 Å². The van der Waals surface area contributed by atoms with Gasteiger partial charge >= 0.3 is 0 Å². The van der Waals surface area contributed by atoms with E-state index in [0.29, 0.717) is 28.2 Å². The third-order valence-corrected chi connectivity index (χ3v) is 1.95. The van der Waals surface area contributed by atoms with Crippen molar-refractivity contribution < 1.29 is 13.9 Å². The minimum atomic E-state index is -0.635. The first kappa shape index (κ1) is 11.7. The molecule has 0 aliphatic rings. The lowest BCUT2D eigenvalue weighted by Gasteiger charge is -2.08. The molecule has 0 heterocycles. The van der Waals surface area contributed by atoms with Gasteiger partial charge in [0.2, 0.25) is 0 Å². The largest absolute Gasteiger partial charge is 0.488 e. The summed E-state index contributed by atoms with van der Waals surface area (Å²) in [5, 5.41) is 0.453. The van der Waals surface area contributed by atoms with Crippen molar-refractivity contribution in [3.63, 3.8) is 0 Å². The third kappa shape index (κ3) is 3.36. The second-order valence-electron chi connectivity index (χ2n) is 2.97. The molecule has 15 heavy (non-hydrogen) atoms. The van der Waals surface area contributed by atoms with Crippen molar-refractivity contribution in [2.45, 2.75) is 0 Å². The van der Waals surface area contributed by atoms with Gasteiger partial charge in [-0.3, -0.25) is 4.79 Å². The molecule has 0 saturated carbocycles. The number of halogens is 2. The highest BCUT2D eigenvalue weighted by molar-refractivity contribution is 6.30. The first-order chi connectivity index (χ1) is 7.17. The summed E-state index contributed by atoms with van der Waals surface area (Å²) in [5.74, 6) is 0.379. The number of rotatable bonds is 5. The molecule has 0 aliphatic heterocycles. The number of hydrogen-bond acceptors (Lipinski definition) is 2. The molecule has 1 rings (SSSR count). The van der Waals surface area contributed by atoms with Crippen LogP contribution in [0.4, 0.5) is 4.39 Å². The highest BCUT2D eigenvalue weighted by atomic mass is 35.5. The second kappa shape index (κ2) is 5.51. The standard InChI is InChI=1S/C11H10ClFO2/c1-8(5-13)7-15-11-3-2-10(12)4-9(11)6-14/h2-4,6H,1,5,7H2. The molecule has 0 bridgehead atoms. The summed E-state index contributed by atoms with van der Waals surface area (Å²) in [6.45, 7) is 2.87. The highest BCUT2D eigenvalue weighted by Crippen LogP contribution is 2.21. The summed E-state index contributed by atoms with van der Waals surface area (Å²) in [6, 6.07) is 4.65. The van der Waals surface area contributed by atoms with Crippen molar-refractivity contribution in [1.29, 1.82) is 0 Å². The summed E-state index contributed by atoms with van der Waals surface area (Å²) < 4.78 is 17.3. The van der Waals surface area contributed by atoms with Crippen molar-refractivity contribution in [2.24, 2.45) is 0 Å². The lowest BCUT2D eigenvalue weighted by molar-refractivity contribution is 0.112. The molecule has 0 spiro atoms. The molecule has 4 heteroatoms. The van der Waals surface area contributed by atoms with Gasteiger partial charge in [0.25, 0.3) is 0 Å². The van der Waals surface area contributed by atoms with Gasteiger partial charge in [-0.15, -0.1) is 0 Å². The first-order valence-corrected chi connectivity index (χ1v) is 4.65. The number of carbonyl (C=O) groups is 1. The van der Waals surface area contributed by atoms with Crippen LogP contribution in [-0.2, 0) is 0 Å².